The van der Waals surface area contributed by atoms with Crippen LogP contribution in [0.15, 0.2) is 46.3 Å². The largest absolute Gasteiger partial charge is 0.308 e. The molecule has 0 radical (unpaired) electrons. The molecule has 0 saturated carbocycles. The van der Waals surface area contributed by atoms with Crippen LogP contribution >= 0.6 is 22.7 Å². The number of rotatable bonds is 4. The number of anilines is 1. The van der Waals surface area contributed by atoms with Crippen LogP contribution in [0.1, 0.15) is 0 Å². The molecular formula is C16H13N5O2S2. The summed E-state index contributed by atoms with van der Waals surface area (Å²) in [5.41, 5.74) is 0.651. The Labute approximate surface area is 150 Å². The van der Waals surface area contributed by atoms with Crippen molar-refractivity contribution in [2.75, 3.05) is 5.32 Å². The van der Waals surface area contributed by atoms with Crippen molar-refractivity contribution in [1.82, 2.24) is 19.3 Å². The quantitative estimate of drug-likeness (QED) is 0.598. The summed E-state index contributed by atoms with van der Waals surface area (Å²) < 4.78 is 2.92. The van der Waals surface area contributed by atoms with Gasteiger partial charge in [0.2, 0.25) is 5.91 Å². The number of carbonyl (C=O) groups is 1. The summed E-state index contributed by atoms with van der Waals surface area (Å²) in [4.78, 5) is 31.0. The van der Waals surface area contributed by atoms with Gasteiger partial charge in [-0.2, -0.15) is 5.10 Å². The zero-order valence-electron chi connectivity index (χ0n) is 13.2. The molecule has 1 N–H and O–H groups in total. The first kappa shape index (κ1) is 15.7. The van der Waals surface area contributed by atoms with E-state index >= 15 is 0 Å². The molecule has 4 aromatic rings. The maximum absolute atomic E-state index is 12.8. The van der Waals surface area contributed by atoms with Gasteiger partial charge in [-0.25, -0.2) is 4.98 Å². The van der Waals surface area contributed by atoms with Gasteiger partial charge in [-0.05, 0) is 11.4 Å². The van der Waals surface area contributed by atoms with Crippen LogP contribution in [0, 0.1) is 0 Å². The number of amides is 1. The summed E-state index contributed by atoms with van der Waals surface area (Å²) in [7, 11) is 1.76. The molecule has 4 aromatic heterocycles. The summed E-state index contributed by atoms with van der Waals surface area (Å²) >= 11 is 3.00. The van der Waals surface area contributed by atoms with Gasteiger partial charge in [-0.1, -0.05) is 6.07 Å². The van der Waals surface area contributed by atoms with E-state index in [9.17, 15) is 9.59 Å². The third-order valence-corrected chi connectivity index (χ3v) is 5.43. The summed E-state index contributed by atoms with van der Waals surface area (Å²) in [5, 5.41) is 11.2. The monoisotopic (exact) mass is 371 g/mol. The van der Waals surface area contributed by atoms with Crippen LogP contribution in [-0.2, 0) is 18.4 Å². The van der Waals surface area contributed by atoms with Gasteiger partial charge in [-0.3, -0.25) is 18.8 Å². The average molecular weight is 371 g/mol. The molecule has 9 heteroatoms. The molecule has 0 aromatic carbocycles. The average Bonchev–Trinajstić information content (AvgIpc) is 3.30. The zero-order chi connectivity index (χ0) is 17.4. The molecule has 0 spiro atoms. The minimum atomic E-state index is -0.324. The van der Waals surface area contributed by atoms with Crippen LogP contribution in [-0.4, -0.2) is 25.2 Å². The normalized spacial score (nSPS) is 11.1. The highest BCUT2D eigenvalue weighted by atomic mass is 32.1. The molecule has 0 aliphatic rings. The number of thiophene rings is 2. The molecule has 4 heterocycles. The minimum Gasteiger partial charge on any atom is -0.308 e. The summed E-state index contributed by atoms with van der Waals surface area (Å²) in [6.07, 6.45) is 3.14. The Morgan fingerprint density at radius 2 is 2.20 bits per heavy atom. The van der Waals surface area contributed by atoms with E-state index in [4.69, 9.17) is 0 Å². The highest BCUT2D eigenvalue weighted by Crippen LogP contribution is 2.33. The molecule has 0 aliphatic carbocycles. The number of nitrogens with zero attached hydrogens (tertiary/aromatic N) is 4. The lowest BCUT2D eigenvalue weighted by molar-refractivity contribution is -0.116. The van der Waals surface area contributed by atoms with Crippen LogP contribution in [0.2, 0.25) is 0 Å². The van der Waals surface area contributed by atoms with Crippen LogP contribution in [0.4, 0.5) is 5.82 Å². The lowest BCUT2D eigenvalue weighted by Gasteiger charge is -2.06. The van der Waals surface area contributed by atoms with Crippen molar-refractivity contribution in [1.29, 1.82) is 0 Å². The Kier molecular flexibility index (Phi) is 3.94. The van der Waals surface area contributed by atoms with E-state index in [1.54, 1.807) is 35.3 Å². The molecule has 126 valence electrons. The van der Waals surface area contributed by atoms with E-state index in [0.29, 0.717) is 16.0 Å². The first-order valence-corrected chi connectivity index (χ1v) is 9.18. The summed E-state index contributed by atoms with van der Waals surface area (Å²) in [6, 6.07) is 5.60. The van der Waals surface area contributed by atoms with Crippen molar-refractivity contribution in [3.05, 3.63) is 51.8 Å². The van der Waals surface area contributed by atoms with Crippen molar-refractivity contribution < 1.29 is 4.79 Å². The van der Waals surface area contributed by atoms with E-state index in [2.05, 4.69) is 15.4 Å². The number of fused-ring (bicyclic) bond motifs is 1. The zero-order valence-corrected chi connectivity index (χ0v) is 14.8. The third kappa shape index (κ3) is 2.99. The molecule has 7 nitrogen and oxygen atoms in total. The Bertz CT molecular complexity index is 1110. The van der Waals surface area contributed by atoms with Gasteiger partial charge >= 0.3 is 0 Å². The first-order chi connectivity index (χ1) is 12.1. The minimum absolute atomic E-state index is 0.113. The van der Waals surface area contributed by atoms with E-state index in [1.165, 1.54) is 22.2 Å². The predicted molar refractivity (Wildman–Crippen MR) is 99.0 cm³/mol. The molecule has 0 unspecified atom stereocenters. The van der Waals surface area contributed by atoms with Crippen LogP contribution in [0.25, 0.3) is 20.7 Å². The maximum Gasteiger partial charge on any atom is 0.263 e. The second kappa shape index (κ2) is 6.26. The fourth-order valence-corrected chi connectivity index (χ4v) is 4.23. The molecule has 25 heavy (non-hydrogen) atoms. The highest BCUT2D eigenvalue weighted by Gasteiger charge is 2.15. The Balaban J connectivity index is 1.66. The van der Waals surface area contributed by atoms with Gasteiger partial charge < -0.3 is 5.32 Å². The number of aryl methyl sites for hydroxylation is 1. The number of hydrogen-bond acceptors (Lipinski definition) is 6. The van der Waals surface area contributed by atoms with E-state index in [0.717, 1.165) is 10.4 Å². The lowest BCUT2D eigenvalue weighted by Crippen LogP contribution is -2.27. The summed E-state index contributed by atoms with van der Waals surface area (Å²) in [5.74, 6) is 0.124. The number of aromatic nitrogens is 4. The molecule has 4 rings (SSSR count). The van der Waals surface area contributed by atoms with Crippen molar-refractivity contribution in [3.63, 3.8) is 0 Å². The molecule has 1 amide bonds. The van der Waals surface area contributed by atoms with Crippen molar-refractivity contribution >= 4 is 44.6 Å². The molecule has 0 saturated heterocycles. The van der Waals surface area contributed by atoms with E-state index < -0.39 is 0 Å². The van der Waals surface area contributed by atoms with Gasteiger partial charge in [0.1, 0.15) is 11.4 Å². The SMILES string of the molecule is Cn1ccc(NC(=O)Cn2cnc3scc(-c4cccs4)c3c2=O)n1. The third-order valence-electron chi connectivity index (χ3n) is 3.64. The number of carbonyl (C=O) groups excluding carboxylic acids is 1. The predicted octanol–water partition coefficient (Wildman–Crippen LogP) is 2.56. The van der Waals surface area contributed by atoms with E-state index in [1.807, 2.05) is 22.9 Å². The standard InChI is InChI=1S/C16H13N5O2S2/c1-20-5-4-12(19-20)18-13(22)7-21-9-17-15-14(16(21)23)10(8-25-15)11-3-2-6-24-11/h2-6,8-9H,7H2,1H3,(H,18,19,22). The fraction of sp³-hybridized carbons (Fsp3) is 0.125. The molecule has 0 fully saturated rings. The molecule has 0 aliphatic heterocycles. The molecule has 0 bridgehead atoms. The fourth-order valence-electron chi connectivity index (χ4n) is 2.51. The molecular weight excluding hydrogens is 358 g/mol. The van der Waals surface area contributed by atoms with Gasteiger partial charge in [-0.15, -0.1) is 22.7 Å². The van der Waals surface area contributed by atoms with Crippen molar-refractivity contribution in [2.45, 2.75) is 6.54 Å². The van der Waals surface area contributed by atoms with Crippen LogP contribution < -0.4 is 10.9 Å². The van der Waals surface area contributed by atoms with Crippen LogP contribution in [0.5, 0.6) is 0 Å². The van der Waals surface area contributed by atoms with Crippen molar-refractivity contribution in [3.8, 4) is 10.4 Å². The summed E-state index contributed by atoms with van der Waals surface area (Å²) in [6.45, 7) is -0.113. The van der Waals surface area contributed by atoms with Gasteiger partial charge in [0.05, 0.1) is 11.7 Å². The van der Waals surface area contributed by atoms with Crippen molar-refractivity contribution in [2.24, 2.45) is 7.05 Å². The second-order valence-electron chi connectivity index (χ2n) is 5.41. The van der Waals surface area contributed by atoms with Gasteiger partial charge in [0.25, 0.3) is 5.56 Å². The van der Waals surface area contributed by atoms with Gasteiger partial charge in [0, 0.05) is 35.1 Å². The number of hydrogen-bond donors (Lipinski definition) is 1. The first-order valence-electron chi connectivity index (χ1n) is 7.42. The Morgan fingerprint density at radius 3 is 2.92 bits per heavy atom. The second-order valence-corrected chi connectivity index (χ2v) is 7.21. The van der Waals surface area contributed by atoms with E-state index in [-0.39, 0.29) is 18.0 Å². The maximum atomic E-state index is 12.8. The smallest absolute Gasteiger partial charge is 0.263 e. The van der Waals surface area contributed by atoms with Crippen LogP contribution in [0.3, 0.4) is 0 Å². The van der Waals surface area contributed by atoms with Gasteiger partial charge in [0.15, 0.2) is 5.82 Å². The Hall–Kier alpha value is -2.78. The lowest BCUT2D eigenvalue weighted by atomic mass is 10.2. The Morgan fingerprint density at radius 1 is 1.32 bits per heavy atom. The number of nitrogens with one attached hydrogen (secondary N) is 1. The highest BCUT2D eigenvalue weighted by molar-refractivity contribution is 7.18. The topological polar surface area (TPSA) is 81.8 Å². The molecule has 0 atom stereocenters.